The molecule has 0 atom stereocenters. The molecule has 1 aromatic heterocycles. The quantitative estimate of drug-likeness (QED) is 0.855. The summed E-state index contributed by atoms with van der Waals surface area (Å²) in [6.45, 7) is 2.57. The zero-order chi connectivity index (χ0) is 13.0. The van der Waals surface area contributed by atoms with Gasteiger partial charge >= 0.3 is 0 Å². The molecule has 1 aromatic rings. The molecular formula is C14H22N2O2. The first-order valence-corrected chi connectivity index (χ1v) is 6.74. The van der Waals surface area contributed by atoms with Gasteiger partial charge in [-0.3, -0.25) is 4.79 Å². The Bertz CT molecular complexity index is 392. The van der Waals surface area contributed by atoms with Crippen molar-refractivity contribution in [3.05, 3.63) is 23.7 Å². The zero-order valence-electron chi connectivity index (χ0n) is 10.9. The summed E-state index contributed by atoms with van der Waals surface area (Å²) in [7, 11) is 0. The summed E-state index contributed by atoms with van der Waals surface area (Å²) >= 11 is 0. The molecule has 1 fully saturated rings. The van der Waals surface area contributed by atoms with Gasteiger partial charge in [-0.15, -0.1) is 0 Å². The molecule has 100 valence electrons. The maximum absolute atomic E-state index is 11.9. The van der Waals surface area contributed by atoms with Gasteiger partial charge in [-0.05, 0) is 44.7 Å². The summed E-state index contributed by atoms with van der Waals surface area (Å²) < 4.78 is 5.46. The second kappa shape index (κ2) is 6.05. The van der Waals surface area contributed by atoms with Gasteiger partial charge in [-0.1, -0.05) is 0 Å². The Morgan fingerprint density at radius 1 is 1.39 bits per heavy atom. The fourth-order valence-electron chi connectivity index (χ4n) is 2.45. The van der Waals surface area contributed by atoms with E-state index < -0.39 is 0 Å². The van der Waals surface area contributed by atoms with Crippen LogP contribution in [0.15, 0.2) is 16.5 Å². The smallest absolute Gasteiger partial charge is 0.223 e. The highest BCUT2D eigenvalue weighted by Crippen LogP contribution is 2.23. The topological polar surface area (TPSA) is 68.3 Å². The van der Waals surface area contributed by atoms with Gasteiger partial charge in [0.1, 0.15) is 11.5 Å². The van der Waals surface area contributed by atoms with Crippen molar-refractivity contribution in [3.63, 3.8) is 0 Å². The molecule has 0 spiro atoms. The normalized spacial score (nSPS) is 23.9. The summed E-state index contributed by atoms with van der Waals surface area (Å²) in [6.07, 6.45) is 4.54. The minimum Gasteiger partial charge on any atom is -0.466 e. The Balaban J connectivity index is 1.68. The molecule has 3 N–H and O–H groups in total. The van der Waals surface area contributed by atoms with Crippen LogP contribution in [0.1, 0.15) is 37.2 Å². The van der Waals surface area contributed by atoms with Crippen molar-refractivity contribution in [2.45, 2.75) is 45.1 Å². The second-order valence-electron chi connectivity index (χ2n) is 5.17. The molecule has 0 unspecified atom stereocenters. The van der Waals surface area contributed by atoms with Crippen LogP contribution in [0.25, 0.3) is 0 Å². The molecule has 0 aliphatic heterocycles. The third-order valence-corrected chi connectivity index (χ3v) is 3.61. The average Bonchev–Trinajstić information content (AvgIpc) is 2.76. The lowest BCUT2D eigenvalue weighted by Gasteiger charge is -2.25. The molecule has 1 aliphatic carbocycles. The maximum atomic E-state index is 11.9. The lowest BCUT2D eigenvalue weighted by atomic mass is 9.86. The Morgan fingerprint density at radius 2 is 2.11 bits per heavy atom. The van der Waals surface area contributed by atoms with E-state index in [-0.39, 0.29) is 11.8 Å². The molecule has 0 bridgehead atoms. The van der Waals surface area contributed by atoms with Crippen molar-refractivity contribution in [1.82, 2.24) is 5.32 Å². The van der Waals surface area contributed by atoms with Crippen LogP contribution in [0, 0.1) is 12.8 Å². The molecule has 4 nitrogen and oxygen atoms in total. The van der Waals surface area contributed by atoms with Crippen molar-refractivity contribution in [3.8, 4) is 0 Å². The van der Waals surface area contributed by atoms with Crippen LogP contribution in [0.3, 0.4) is 0 Å². The summed E-state index contributed by atoms with van der Waals surface area (Å²) in [4.78, 5) is 11.9. The third kappa shape index (κ3) is 3.60. The number of hydrogen-bond acceptors (Lipinski definition) is 3. The Kier molecular flexibility index (Phi) is 4.42. The molecule has 0 aromatic carbocycles. The molecule has 1 aliphatic rings. The third-order valence-electron chi connectivity index (χ3n) is 3.61. The van der Waals surface area contributed by atoms with E-state index in [1.54, 1.807) is 0 Å². The second-order valence-corrected chi connectivity index (χ2v) is 5.17. The van der Waals surface area contributed by atoms with Crippen LogP contribution in [0.4, 0.5) is 0 Å². The molecule has 1 saturated carbocycles. The van der Waals surface area contributed by atoms with E-state index in [0.29, 0.717) is 12.6 Å². The largest absolute Gasteiger partial charge is 0.466 e. The Morgan fingerprint density at radius 3 is 2.72 bits per heavy atom. The SMILES string of the molecule is Cc1ccc(CCNC(=O)C2CCC(N)CC2)o1. The molecule has 0 radical (unpaired) electrons. The molecule has 4 heteroatoms. The van der Waals surface area contributed by atoms with Gasteiger partial charge in [0.2, 0.25) is 5.91 Å². The van der Waals surface area contributed by atoms with E-state index in [9.17, 15) is 4.79 Å². The highest BCUT2D eigenvalue weighted by molar-refractivity contribution is 5.78. The van der Waals surface area contributed by atoms with E-state index in [0.717, 1.165) is 43.6 Å². The molecule has 1 heterocycles. The number of amides is 1. The number of hydrogen-bond donors (Lipinski definition) is 2. The first-order valence-electron chi connectivity index (χ1n) is 6.74. The first-order chi connectivity index (χ1) is 8.65. The van der Waals surface area contributed by atoms with Crippen LogP contribution in [-0.4, -0.2) is 18.5 Å². The van der Waals surface area contributed by atoms with Gasteiger partial charge in [0, 0.05) is 24.9 Å². The number of aryl methyl sites for hydroxylation is 1. The molecule has 0 saturated heterocycles. The van der Waals surface area contributed by atoms with Crippen molar-refractivity contribution in [1.29, 1.82) is 0 Å². The predicted molar refractivity (Wildman–Crippen MR) is 70.1 cm³/mol. The number of nitrogens with two attached hydrogens (primary N) is 1. The van der Waals surface area contributed by atoms with Crippen LogP contribution in [0.5, 0.6) is 0 Å². The predicted octanol–water partition coefficient (Wildman–Crippen LogP) is 1.76. The number of carbonyl (C=O) groups excluding carboxylic acids is 1. The van der Waals surface area contributed by atoms with Crippen LogP contribution in [0.2, 0.25) is 0 Å². The highest BCUT2D eigenvalue weighted by atomic mass is 16.3. The van der Waals surface area contributed by atoms with E-state index in [2.05, 4.69) is 5.32 Å². The van der Waals surface area contributed by atoms with Crippen LogP contribution >= 0.6 is 0 Å². The van der Waals surface area contributed by atoms with Gasteiger partial charge in [-0.2, -0.15) is 0 Å². The minimum atomic E-state index is 0.156. The summed E-state index contributed by atoms with van der Waals surface area (Å²) in [5, 5.41) is 2.99. The van der Waals surface area contributed by atoms with Crippen molar-refractivity contribution in [2.24, 2.45) is 11.7 Å². The fourth-order valence-corrected chi connectivity index (χ4v) is 2.45. The van der Waals surface area contributed by atoms with Crippen molar-refractivity contribution < 1.29 is 9.21 Å². The summed E-state index contributed by atoms with van der Waals surface area (Å²) in [6, 6.07) is 4.20. The van der Waals surface area contributed by atoms with Gasteiger partial charge in [0.05, 0.1) is 0 Å². The Labute approximate surface area is 108 Å². The van der Waals surface area contributed by atoms with E-state index in [1.807, 2.05) is 19.1 Å². The number of rotatable bonds is 4. The molecule has 18 heavy (non-hydrogen) atoms. The lowest BCUT2D eigenvalue weighted by molar-refractivity contribution is -0.125. The van der Waals surface area contributed by atoms with E-state index in [4.69, 9.17) is 10.2 Å². The molecule has 2 rings (SSSR count). The number of furan rings is 1. The van der Waals surface area contributed by atoms with E-state index >= 15 is 0 Å². The monoisotopic (exact) mass is 250 g/mol. The Hall–Kier alpha value is -1.29. The first kappa shape index (κ1) is 13.1. The zero-order valence-corrected chi connectivity index (χ0v) is 10.9. The van der Waals surface area contributed by atoms with Crippen LogP contribution < -0.4 is 11.1 Å². The van der Waals surface area contributed by atoms with Gasteiger partial charge in [0.15, 0.2) is 0 Å². The standard InChI is InChI=1S/C14H22N2O2/c1-10-2-7-13(18-10)8-9-16-14(17)11-3-5-12(15)6-4-11/h2,7,11-12H,3-6,8-9,15H2,1H3,(H,16,17). The van der Waals surface area contributed by atoms with Gasteiger partial charge in [0.25, 0.3) is 0 Å². The minimum absolute atomic E-state index is 0.156. The highest BCUT2D eigenvalue weighted by Gasteiger charge is 2.24. The summed E-state index contributed by atoms with van der Waals surface area (Å²) in [5.74, 6) is 2.17. The van der Waals surface area contributed by atoms with Crippen molar-refractivity contribution >= 4 is 5.91 Å². The lowest BCUT2D eigenvalue weighted by Crippen LogP contribution is -2.36. The molecule has 1 amide bonds. The van der Waals surface area contributed by atoms with Gasteiger partial charge < -0.3 is 15.5 Å². The maximum Gasteiger partial charge on any atom is 0.223 e. The number of carbonyl (C=O) groups is 1. The van der Waals surface area contributed by atoms with Crippen LogP contribution in [-0.2, 0) is 11.2 Å². The fraction of sp³-hybridized carbons (Fsp3) is 0.643. The van der Waals surface area contributed by atoms with Crippen molar-refractivity contribution in [2.75, 3.05) is 6.54 Å². The molecular weight excluding hydrogens is 228 g/mol. The average molecular weight is 250 g/mol. The number of nitrogens with one attached hydrogen (secondary N) is 1. The van der Waals surface area contributed by atoms with E-state index in [1.165, 1.54) is 0 Å². The summed E-state index contributed by atoms with van der Waals surface area (Å²) in [5.41, 5.74) is 5.83. The van der Waals surface area contributed by atoms with Gasteiger partial charge in [-0.25, -0.2) is 0 Å².